The number of aromatic nitrogens is 2. The van der Waals surface area contributed by atoms with Crippen LogP contribution in [0.4, 0.5) is 13.2 Å². The number of aromatic amines is 1. The van der Waals surface area contributed by atoms with Crippen molar-refractivity contribution in [3.63, 3.8) is 0 Å². The van der Waals surface area contributed by atoms with Crippen LogP contribution in [0.1, 0.15) is 11.3 Å². The largest absolute Gasteiger partial charge is 0.479 e. The van der Waals surface area contributed by atoms with E-state index in [4.69, 9.17) is 10.2 Å². The Morgan fingerprint density at radius 1 is 1.60 bits per heavy atom. The monoisotopic (exact) mass is 224 g/mol. The van der Waals surface area contributed by atoms with Gasteiger partial charge in [-0.15, -0.1) is 0 Å². The van der Waals surface area contributed by atoms with Gasteiger partial charge in [0.1, 0.15) is 5.69 Å². The lowest BCUT2D eigenvalue weighted by Crippen LogP contribution is -2.23. The van der Waals surface area contributed by atoms with Gasteiger partial charge in [-0.05, 0) is 0 Å². The van der Waals surface area contributed by atoms with Crippen LogP contribution in [0.3, 0.4) is 0 Å². The number of nitrogens with one attached hydrogen (secondary N) is 1. The fraction of sp³-hybridized carbons (Fsp3) is 0.429. The summed E-state index contributed by atoms with van der Waals surface area (Å²) in [7, 11) is 0. The zero-order valence-electron chi connectivity index (χ0n) is 7.25. The molecule has 0 aliphatic heterocycles. The van der Waals surface area contributed by atoms with Crippen molar-refractivity contribution in [2.45, 2.75) is 18.7 Å². The predicted octanol–water partition coefficient (Wildman–Crippen LogP) is 0.417. The van der Waals surface area contributed by atoms with Gasteiger partial charge in [-0.2, -0.15) is 18.3 Å². The van der Waals surface area contributed by atoms with Gasteiger partial charge < -0.3 is 10.2 Å². The summed E-state index contributed by atoms with van der Waals surface area (Å²) in [5.41, 5.74) is -1.51. The van der Waals surface area contributed by atoms with E-state index < -0.39 is 30.4 Å². The summed E-state index contributed by atoms with van der Waals surface area (Å²) in [5.74, 6) is -1.58. The summed E-state index contributed by atoms with van der Waals surface area (Å²) < 4.78 is 36.7. The van der Waals surface area contributed by atoms with Crippen molar-refractivity contribution in [3.8, 4) is 0 Å². The highest BCUT2D eigenvalue weighted by Crippen LogP contribution is 2.30. The van der Waals surface area contributed by atoms with Crippen LogP contribution >= 0.6 is 0 Å². The number of carboxylic acid groups (broad SMARTS) is 1. The molecule has 8 heteroatoms. The molecule has 0 fully saturated rings. The van der Waals surface area contributed by atoms with Crippen molar-refractivity contribution in [1.82, 2.24) is 10.2 Å². The molecule has 0 aliphatic carbocycles. The molecule has 0 aliphatic rings. The van der Waals surface area contributed by atoms with Crippen molar-refractivity contribution < 1.29 is 28.2 Å². The third-order valence-corrected chi connectivity index (χ3v) is 1.70. The molecular weight excluding hydrogens is 217 g/mol. The van der Waals surface area contributed by atoms with Gasteiger partial charge in [-0.1, -0.05) is 0 Å². The molecule has 1 aromatic heterocycles. The first-order valence-electron chi connectivity index (χ1n) is 3.82. The lowest BCUT2D eigenvalue weighted by Gasteiger charge is -2.08. The molecule has 0 amide bonds. The Hall–Kier alpha value is -1.57. The number of alkyl halides is 3. The molecule has 0 aromatic carbocycles. The topological polar surface area (TPSA) is 86.2 Å². The van der Waals surface area contributed by atoms with Gasteiger partial charge in [-0.25, -0.2) is 4.79 Å². The molecule has 1 rings (SSSR count). The first-order chi connectivity index (χ1) is 6.82. The lowest BCUT2D eigenvalue weighted by molar-refractivity contribution is -0.148. The molecule has 0 saturated carbocycles. The predicted molar refractivity (Wildman–Crippen MR) is 40.9 cm³/mol. The highest BCUT2D eigenvalue weighted by molar-refractivity contribution is 5.72. The van der Waals surface area contributed by atoms with Crippen LogP contribution < -0.4 is 0 Å². The maximum atomic E-state index is 12.2. The van der Waals surface area contributed by atoms with E-state index in [2.05, 4.69) is 5.10 Å². The van der Waals surface area contributed by atoms with E-state index in [0.29, 0.717) is 0 Å². The van der Waals surface area contributed by atoms with Gasteiger partial charge in [-0.3, -0.25) is 5.10 Å². The van der Waals surface area contributed by atoms with E-state index in [1.165, 1.54) is 0 Å². The number of H-pyrrole nitrogens is 1. The molecular formula is C7H7F3N2O3. The average Bonchev–Trinajstić information content (AvgIpc) is 2.50. The number of hydrogen-bond donors (Lipinski definition) is 3. The standard InChI is InChI=1S/C7H7F3N2O3/c8-7(9,10)5-3(2-11-12-5)1-4(13)6(14)15/h2,4,13H,1H2,(H,11,12)(H,14,15). The van der Waals surface area contributed by atoms with E-state index in [9.17, 15) is 18.0 Å². The number of rotatable bonds is 3. The zero-order chi connectivity index (χ0) is 11.6. The number of carboxylic acids is 1. The van der Waals surface area contributed by atoms with Crippen LogP contribution in [0.15, 0.2) is 6.20 Å². The van der Waals surface area contributed by atoms with Crippen molar-refractivity contribution in [3.05, 3.63) is 17.5 Å². The molecule has 1 unspecified atom stereocenters. The van der Waals surface area contributed by atoms with Gasteiger partial charge in [0.25, 0.3) is 0 Å². The molecule has 1 aromatic rings. The van der Waals surface area contributed by atoms with E-state index >= 15 is 0 Å². The van der Waals surface area contributed by atoms with Crippen molar-refractivity contribution >= 4 is 5.97 Å². The molecule has 0 saturated heterocycles. The molecule has 84 valence electrons. The van der Waals surface area contributed by atoms with Gasteiger partial charge in [0, 0.05) is 12.0 Å². The normalized spacial score (nSPS) is 13.9. The highest BCUT2D eigenvalue weighted by Gasteiger charge is 2.36. The smallest absolute Gasteiger partial charge is 0.433 e. The molecule has 0 radical (unpaired) electrons. The van der Waals surface area contributed by atoms with E-state index in [-0.39, 0.29) is 5.56 Å². The van der Waals surface area contributed by atoms with Crippen LogP contribution in [0, 0.1) is 0 Å². The Bertz CT molecular complexity index is 361. The molecule has 1 atom stereocenters. The van der Waals surface area contributed by atoms with Crippen LogP contribution in [0.5, 0.6) is 0 Å². The van der Waals surface area contributed by atoms with Crippen molar-refractivity contribution in [1.29, 1.82) is 0 Å². The Kier molecular flexibility index (Phi) is 2.98. The molecule has 0 bridgehead atoms. The van der Waals surface area contributed by atoms with E-state index in [1.54, 1.807) is 5.10 Å². The summed E-state index contributed by atoms with van der Waals surface area (Å²) in [6.45, 7) is 0. The molecule has 3 N–H and O–H groups in total. The number of aliphatic hydroxyl groups excluding tert-OH is 1. The van der Waals surface area contributed by atoms with Crippen LogP contribution in [-0.2, 0) is 17.4 Å². The molecule has 0 spiro atoms. The summed E-state index contributed by atoms with van der Waals surface area (Å²) in [6, 6.07) is 0. The second-order valence-electron chi connectivity index (χ2n) is 2.83. The first-order valence-corrected chi connectivity index (χ1v) is 3.82. The first kappa shape index (κ1) is 11.5. The van der Waals surface area contributed by atoms with Gasteiger partial charge >= 0.3 is 12.1 Å². The Morgan fingerprint density at radius 3 is 2.67 bits per heavy atom. The Morgan fingerprint density at radius 2 is 2.20 bits per heavy atom. The summed E-state index contributed by atoms with van der Waals surface area (Å²) >= 11 is 0. The molecule has 15 heavy (non-hydrogen) atoms. The minimum Gasteiger partial charge on any atom is -0.479 e. The van der Waals surface area contributed by atoms with Crippen molar-refractivity contribution in [2.75, 3.05) is 0 Å². The second kappa shape index (κ2) is 3.89. The van der Waals surface area contributed by atoms with Gasteiger partial charge in [0.05, 0.1) is 6.20 Å². The van der Waals surface area contributed by atoms with Crippen LogP contribution in [0.25, 0.3) is 0 Å². The number of carbonyl (C=O) groups is 1. The number of hydrogen-bond acceptors (Lipinski definition) is 3. The lowest BCUT2D eigenvalue weighted by atomic mass is 10.1. The summed E-state index contributed by atoms with van der Waals surface area (Å²) in [6.07, 6.45) is -6.30. The minimum absolute atomic E-state index is 0.377. The Labute approximate surface area is 81.5 Å². The van der Waals surface area contributed by atoms with Gasteiger partial charge in [0.2, 0.25) is 0 Å². The number of aliphatic carboxylic acids is 1. The van der Waals surface area contributed by atoms with Gasteiger partial charge in [0.15, 0.2) is 6.10 Å². The Balaban J connectivity index is 2.87. The zero-order valence-corrected chi connectivity index (χ0v) is 7.25. The minimum atomic E-state index is -4.63. The van der Waals surface area contributed by atoms with Crippen molar-refractivity contribution in [2.24, 2.45) is 0 Å². The number of aliphatic hydroxyl groups is 1. The summed E-state index contributed by atoms with van der Waals surface area (Å²) in [4.78, 5) is 10.2. The maximum Gasteiger partial charge on any atom is 0.433 e. The van der Waals surface area contributed by atoms with E-state index in [1.807, 2.05) is 0 Å². The fourth-order valence-electron chi connectivity index (χ4n) is 1.01. The quantitative estimate of drug-likeness (QED) is 0.694. The number of halogens is 3. The SMILES string of the molecule is O=C(O)C(O)Cc1cn[nH]c1C(F)(F)F. The maximum absolute atomic E-state index is 12.2. The molecule has 5 nitrogen and oxygen atoms in total. The van der Waals surface area contributed by atoms with Crippen LogP contribution in [-0.4, -0.2) is 32.5 Å². The third-order valence-electron chi connectivity index (χ3n) is 1.70. The molecule has 1 heterocycles. The highest BCUT2D eigenvalue weighted by atomic mass is 19.4. The fourth-order valence-corrected chi connectivity index (χ4v) is 1.01. The number of nitrogens with zero attached hydrogens (tertiary/aromatic N) is 1. The van der Waals surface area contributed by atoms with E-state index in [0.717, 1.165) is 6.20 Å². The second-order valence-corrected chi connectivity index (χ2v) is 2.83. The summed E-state index contributed by atoms with van der Waals surface area (Å²) in [5, 5.41) is 22.1. The third kappa shape index (κ3) is 2.69. The van der Waals surface area contributed by atoms with Crippen LogP contribution in [0.2, 0.25) is 0 Å². The average molecular weight is 224 g/mol.